The fourth-order valence-electron chi connectivity index (χ4n) is 4.98. The number of aliphatic hydroxyl groups is 1. The number of pyridine rings is 2. The Morgan fingerprint density at radius 1 is 1.19 bits per heavy atom. The number of nitrogens with zero attached hydrogens (tertiary/aromatic N) is 2. The molecule has 2 aliphatic rings. The number of benzene rings is 1. The number of hydrogen-bond acceptors (Lipinski definition) is 8. The predicted molar refractivity (Wildman–Crippen MR) is 131 cm³/mol. The van der Waals surface area contributed by atoms with Gasteiger partial charge in [-0.15, -0.1) is 0 Å². The lowest BCUT2D eigenvalue weighted by Gasteiger charge is -2.31. The second-order valence-corrected chi connectivity index (χ2v) is 10.1. The van der Waals surface area contributed by atoms with E-state index in [4.69, 9.17) is 19.2 Å². The summed E-state index contributed by atoms with van der Waals surface area (Å²) in [4.78, 5) is 42.8. The fourth-order valence-corrected chi connectivity index (χ4v) is 4.98. The molecule has 0 amide bonds. The van der Waals surface area contributed by atoms with Gasteiger partial charge in [-0.1, -0.05) is 13.8 Å². The summed E-state index contributed by atoms with van der Waals surface area (Å²) in [7, 11) is 0. The lowest BCUT2D eigenvalue weighted by atomic mass is 9.86. The maximum atomic E-state index is 13.4. The van der Waals surface area contributed by atoms with Gasteiger partial charge in [-0.05, 0) is 63.4 Å². The molecule has 0 bridgehead atoms. The van der Waals surface area contributed by atoms with Gasteiger partial charge < -0.3 is 23.9 Å². The standard InChI is InChI=1S/C27H28N2O7/c1-6-15-16-10-14(35-25(32)36-26(3,4)5)8-9-20(16)28-22-17(15)12-29-21(22)11-19-18(23(29)30)13-34-24(31)27(19,33)7-2/h8-11,33H,6-7,12-13H2,1-5H3. The summed E-state index contributed by atoms with van der Waals surface area (Å²) in [5.74, 6) is -0.418. The Bertz CT molecular complexity index is 1500. The van der Waals surface area contributed by atoms with E-state index in [1.54, 1.807) is 56.5 Å². The number of rotatable bonds is 3. The summed E-state index contributed by atoms with van der Waals surface area (Å²) < 4.78 is 17.4. The van der Waals surface area contributed by atoms with Crippen LogP contribution in [0, 0.1) is 0 Å². The van der Waals surface area contributed by atoms with Crippen LogP contribution in [0.5, 0.6) is 5.75 Å². The molecule has 2 aromatic heterocycles. The van der Waals surface area contributed by atoms with Crippen molar-refractivity contribution in [3.63, 3.8) is 0 Å². The van der Waals surface area contributed by atoms with E-state index in [0.29, 0.717) is 35.6 Å². The molecule has 1 aromatic carbocycles. The van der Waals surface area contributed by atoms with Crippen molar-refractivity contribution in [2.24, 2.45) is 0 Å². The normalized spacial score (nSPS) is 18.3. The molecule has 9 nitrogen and oxygen atoms in total. The smallest absolute Gasteiger partial charge is 0.458 e. The second kappa shape index (κ2) is 8.16. The molecule has 1 atom stereocenters. The molecule has 1 unspecified atom stereocenters. The Balaban J connectivity index is 1.64. The van der Waals surface area contributed by atoms with Crippen molar-refractivity contribution >= 4 is 23.0 Å². The monoisotopic (exact) mass is 492 g/mol. The molecule has 1 N–H and O–H groups in total. The summed E-state index contributed by atoms with van der Waals surface area (Å²) in [6, 6.07) is 6.86. The largest absolute Gasteiger partial charge is 0.514 e. The van der Waals surface area contributed by atoms with E-state index in [2.05, 4.69) is 0 Å². The number of hydrogen-bond donors (Lipinski definition) is 1. The SMILES string of the molecule is CCc1c2c(nc3ccc(OC(=O)OC(C)(C)C)cc13)-c1cc3c(c(=O)n1C2)COC(=O)C3(O)CC. The second-order valence-electron chi connectivity index (χ2n) is 10.1. The van der Waals surface area contributed by atoms with Crippen molar-refractivity contribution in [3.8, 4) is 17.1 Å². The quantitative estimate of drug-likeness (QED) is 0.337. The maximum absolute atomic E-state index is 13.4. The van der Waals surface area contributed by atoms with Gasteiger partial charge in [-0.3, -0.25) is 4.79 Å². The number of aromatic nitrogens is 2. The third-order valence-corrected chi connectivity index (χ3v) is 6.72. The van der Waals surface area contributed by atoms with Gasteiger partial charge in [0.15, 0.2) is 5.60 Å². The topological polar surface area (TPSA) is 117 Å². The van der Waals surface area contributed by atoms with Gasteiger partial charge in [0.25, 0.3) is 5.56 Å². The van der Waals surface area contributed by atoms with Crippen molar-refractivity contribution < 1.29 is 28.9 Å². The van der Waals surface area contributed by atoms with Gasteiger partial charge >= 0.3 is 12.1 Å². The lowest BCUT2D eigenvalue weighted by Crippen LogP contribution is -2.44. The van der Waals surface area contributed by atoms with Crippen LogP contribution in [-0.4, -0.2) is 32.4 Å². The summed E-state index contributed by atoms with van der Waals surface area (Å²) >= 11 is 0. The summed E-state index contributed by atoms with van der Waals surface area (Å²) in [6.45, 7) is 9.10. The minimum Gasteiger partial charge on any atom is -0.458 e. The average molecular weight is 493 g/mol. The van der Waals surface area contributed by atoms with Gasteiger partial charge in [-0.25, -0.2) is 14.6 Å². The van der Waals surface area contributed by atoms with E-state index in [9.17, 15) is 19.5 Å². The fraction of sp³-hybridized carbons (Fsp3) is 0.407. The Hall–Kier alpha value is -3.72. The van der Waals surface area contributed by atoms with Crippen LogP contribution in [0.2, 0.25) is 0 Å². The van der Waals surface area contributed by atoms with Crippen LogP contribution in [0.25, 0.3) is 22.3 Å². The molecule has 0 saturated carbocycles. The molecule has 188 valence electrons. The third kappa shape index (κ3) is 3.65. The number of ether oxygens (including phenoxy) is 3. The van der Waals surface area contributed by atoms with E-state index in [0.717, 1.165) is 16.5 Å². The molecule has 0 aliphatic carbocycles. The molecule has 0 radical (unpaired) electrons. The number of fused-ring (bicyclic) bond motifs is 5. The van der Waals surface area contributed by atoms with Gasteiger partial charge in [0.2, 0.25) is 0 Å². The average Bonchev–Trinajstić information content (AvgIpc) is 3.17. The third-order valence-electron chi connectivity index (χ3n) is 6.72. The summed E-state index contributed by atoms with van der Waals surface area (Å²) in [5.41, 5.74) is 1.43. The Morgan fingerprint density at radius 3 is 2.61 bits per heavy atom. The van der Waals surface area contributed by atoms with E-state index in [1.165, 1.54) is 0 Å². The molecule has 3 aromatic rings. The zero-order valence-corrected chi connectivity index (χ0v) is 20.9. The highest BCUT2D eigenvalue weighted by Crippen LogP contribution is 2.40. The first kappa shape index (κ1) is 24.0. The number of aryl methyl sites for hydroxylation is 1. The number of carbonyl (C=O) groups excluding carboxylic acids is 2. The van der Waals surface area contributed by atoms with Crippen LogP contribution in [0.1, 0.15) is 63.3 Å². The molecule has 36 heavy (non-hydrogen) atoms. The van der Waals surface area contributed by atoms with Gasteiger partial charge in [0.05, 0.1) is 29.0 Å². The van der Waals surface area contributed by atoms with Crippen LogP contribution in [-0.2, 0) is 39.4 Å². The van der Waals surface area contributed by atoms with E-state index >= 15 is 0 Å². The van der Waals surface area contributed by atoms with Gasteiger partial charge in [-0.2, -0.15) is 0 Å². The molecule has 9 heteroatoms. The molecule has 0 saturated heterocycles. The van der Waals surface area contributed by atoms with Gasteiger partial charge in [0.1, 0.15) is 18.0 Å². The number of carbonyl (C=O) groups is 2. The van der Waals surface area contributed by atoms with Crippen LogP contribution in [0.3, 0.4) is 0 Å². The highest BCUT2D eigenvalue weighted by Gasteiger charge is 2.45. The van der Waals surface area contributed by atoms with Crippen LogP contribution in [0.4, 0.5) is 4.79 Å². The zero-order chi connectivity index (χ0) is 26.0. The van der Waals surface area contributed by atoms with Crippen molar-refractivity contribution in [2.45, 2.75) is 71.8 Å². The first-order valence-electron chi connectivity index (χ1n) is 12.0. The summed E-state index contributed by atoms with van der Waals surface area (Å²) in [6.07, 6.45) is -0.0562. The van der Waals surface area contributed by atoms with Crippen LogP contribution in [0.15, 0.2) is 29.1 Å². The predicted octanol–water partition coefficient (Wildman–Crippen LogP) is 3.96. The zero-order valence-electron chi connectivity index (χ0n) is 20.9. The minimum atomic E-state index is -1.87. The van der Waals surface area contributed by atoms with Crippen LogP contribution < -0.4 is 10.3 Å². The molecular formula is C27H28N2O7. The van der Waals surface area contributed by atoms with Gasteiger partial charge in [0, 0.05) is 16.5 Å². The van der Waals surface area contributed by atoms with E-state index in [-0.39, 0.29) is 29.7 Å². The highest BCUT2D eigenvalue weighted by atomic mass is 16.7. The van der Waals surface area contributed by atoms with Crippen molar-refractivity contribution in [1.82, 2.24) is 9.55 Å². The Labute approximate surface area is 207 Å². The Morgan fingerprint density at radius 2 is 1.94 bits per heavy atom. The molecule has 5 rings (SSSR count). The first-order chi connectivity index (χ1) is 17.0. The molecule has 0 spiro atoms. The summed E-state index contributed by atoms with van der Waals surface area (Å²) in [5, 5.41) is 11.9. The molecule has 2 aliphatic heterocycles. The van der Waals surface area contributed by atoms with E-state index in [1.807, 2.05) is 6.92 Å². The van der Waals surface area contributed by atoms with Crippen molar-refractivity contribution in [2.75, 3.05) is 0 Å². The first-order valence-corrected chi connectivity index (χ1v) is 12.0. The number of cyclic esters (lactones) is 1. The molecule has 4 heterocycles. The molecule has 0 fully saturated rings. The maximum Gasteiger partial charge on any atom is 0.514 e. The van der Waals surface area contributed by atoms with Crippen molar-refractivity contribution in [1.29, 1.82) is 0 Å². The van der Waals surface area contributed by atoms with Crippen LogP contribution >= 0.6 is 0 Å². The minimum absolute atomic E-state index is 0.0837. The number of esters is 1. The lowest BCUT2D eigenvalue weighted by molar-refractivity contribution is -0.172. The molecular weight excluding hydrogens is 464 g/mol. The van der Waals surface area contributed by atoms with Crippen molar-refractivity contribution in [3.05, 3.63) is 56.9 Å². The highest BCUT2D eigenvalue weighted by molar-refractivity contribution is 5.90. The Kier molecular flexibility index (Phi) is 5.44. The van der Waals surface area contributed by atoms with E-state index < -0.39 is 23.3 Å².